The molecule has 1 aromatic heterocycles. The van der Waals surface area contributed by atoms with Crippen molar-refractivity contribution in [2.75, 3.05) is 6.54 Å². The minimum absolute atomic E-state index is 0.244. The van der Waals surface area contributed by atoms with Gasteiger partial charge in [-0.3, -0.25) is 4.90 Å². The van der Waals surface area contributed by atoms with Crippen molar-refractivity contribution in [3.63, 3.8) is 0 Å². The minimum atomic E-state index is 0.244. The van der Waals surface area contributed by atoms with Gasteiger partial charge in [0.25, 0.3) is 0 Å². The van der Waals surface area contributed by atoms with E-state index in [0.717, 1.165) is 12.3 Å². The zero-order valence-electron chi connectivity index (χ0n) is 12.7. The van der Waals surface area contributed by atoms with Crippen LogP contribution in [-0.2, 0) is 0 Å². The number of aryl methyl sites for hydroxylation is 1. The summed E-state index contributed by atoms with van der Waals surface area (Å²) in [5, 5.41) is 0. The van der Waals surface area contributed by atoms with Crippen LogP contribution in [0.5, 0.6) is 0 Å². The van der Waals surface area contributed by atoms with Crippen molar-refractivity contribution < 1.29 is 0 Å². The number of hydrogen-bond acceptors (Lipinski definition) is 3. The average molecular weight is 280 g/mol. The maximum absolute atomic E-state index is 6.45. The Morgan fingerprint density at radius 1 is 1.42 bits per heavy atom. The first kappa shape index (κ1) is 15.0. The molecule has 1 aromatic rings. The molecule has 4 atom stereocenters. The summed E-state index contributed by atoms with van der Waals surface area (Å²) in [6.07, 6.45) is 3.65. The fourth-order valence-corrected chi connectivity index (χ4v) is 4.37. The van der Waals surface area contributed by atoms with Gasteiger partial charge < -0.3 is 5.73 Å². The van der Waals surface area contributed by atoms with Crippen molar-refractivity contribution in [3.05, 3.63) is 21.9 Å². The zero-order valence-corrected chi connectivity index (χ0v) is 13.5. The Labute approximate surface area is 122 Å². The first-order chi connectivity index (χ1) is 9.02. The molecule has 108 valence electrons. The predicted octanol–water partition coefficient (Wildman–Crippen LogP) is 3.96. The Bertz CT molecular complexity index is 401. The lowest BCUT2D eigenvalue weighted by Gasteiger charge is -2.43. The van der Waals surface area contributed by atoms with E-state index in [0.29, 0.717) is 12.1 Å². The van der Waals surface area contributed by atoms with Crippen LogP contribution >= 0.6 is 11.3 Å². The van der Waals surface area contributed by atoms with E-state index in [4.69, 9.17) is 5.73 Å². The van der Waals surface area contributed by atoms with Crippen molar-refractivity contribution in [1.29, 1.82) is 0 Å². The molecular formula is C16H28N2S. The quantitative estimate of drug-likeness (QED) is 0.904. The van der Waals surface area contributed by atoms with Gasteiger partial charge in [-0.05, 0) is 57.7 Å². The molecule has 3 heteroatoms. The zero-order chi connectivity index (χ0) is 14.0. The Kier molecular flexibility index (Phi) is 5.04. The number of rotatable bonds is 4. The first-order valence-electron chi connectivity index (χ1n) is 7.60. The van der Waals surface area contributed by atoms with Crippen LogP contribution < -0.4 is 5.73 Å². The van der Waals surface area contributed by atoms with Crippen LogP contribution in [0.2, 0.25) is 0 Å². The van der Waals surface area contributed by atoms with E-state index in [2.05, 4.69) is 44.7 Å². The van der Waals surface area contributed by atoms with Crippen LogP contribution in [0.1, 0.15) is 55.8 Å². The summed E-state index contributed by atoms with van der Waals surface area (Å²) >= 11 is 1.91. The maximum atomic E-state index is 6.45. The highest BCUT2D eigenvalue weighted by Crippen LogP contribution is 2.36. The molecule has 0 spiro atoms. The van der Waals surface area contributed by atoms with E-state index in [1.54, 1.807) is 0 Å². The molecule has 1 saturated heterocycles. The number of nitrogens with zero attached hydrogens (tertiary/aromatic N) is 1. The lowest BCUT2D eigenvalue weighted by molar-refractivity contribution is 0.0689. The van der Waals surface area contributed by atoms with Crippen molar-refractivity contribution >= 4 is 11.3 Å². The summed E-state index contributed by atoms with van der Waals surface area (Å²) in [4.78, 5) is 5.49. The van der Waals surface area contributed by atoms with Gasteiger partial charge in [-0.25, -0.2) is 0 Å². The molecule has 0 aromatic carbocycles. The Balaban J connectivity index is 2.22. The van der Waals surface area contributed by atoms with Crippen LogP contribution in [0.25, 0.3) is 0 Å². The summed E-state index contributed by atoms with van der Waals surface area (Å²) in [5.74, 6) is 0.856. The van der Waals surface area contributed by atoms with Gasteiger partial charge in [-0.1, -0.05) is 13.8 Å². The molecule has 0 amide bonds. The molecule has 0 saturated carbocycles. The van der Waals surface area contributed by atoms with Crippen molar-refractivity contribution in [1.82, 2.24) is 4.90 Å². The van der Waals surface area contributed by atoms with Crippen LogP contribution in [0.3, 0.4) is 0 Å². The van der Waals surface area contributed by atoms with Gasteiger partial charge in [0.1, 0.15) is 0 Å². The number of hydrogen-bond donors (Lipinski definition) is 1. The van der Waals surface area contributed by atoms with Gasteiger partial charge in [0, 0.05) is 21.8 Å². The normalized spacial score (nSPS) is 28.3. The number of nitrogens with two attached hydrogens (primary N) is 1. The second-order valence-corrected chi connectivity index (χ2v) is 7.50. The highest BCUT2D eigenvalue weighted by molar-refractivity contribution is 7.12. The van der Waals surface area contributed by atoms with Crippen molar-refractivity contribution in [2.24, 2.45) is 11.7 Å². The lowest BCUT2D eigenvalue weighted by atomic mass is 9.90. The molecule has 0 bridgehead atoms. The van der Waals surface area contributed by atoms with E-state index in [-0.39, 0.29) is 6.04 Å². The van der Waals surface area contributed by atoms with Crippen LogP contribution in [0.15, 0.2) is 12.1 Å². The third-order valence-electron chi connectivity index (χ3n) is 4.48. The van der Waals surface area contributed by atoms with E-state index < -0.39 is 0 Å². The average Bonchev–Trinajstić information content (AvgIpc) is 2.78. The number of piperidine rings is 1. The van der Waals surface area contributed by atoms with Crippen LogP contribution in [-0.4, -0.2) is 23.5 Å². The largest absolute Gasteiger partial charge is 0.326 e. The summed E-state index contributed by atoms with van der Waals surface area (Å²) in [7, 11) is 0. The highest BCUT2D eigenvalue weighted by atomic mass is 32.1. The Morgan fingerprint density at radius 3 is 2.68 bits per heavy atom. The maximum Gasteiger partial charge on any atom is 0.0595 e. The van der Waals surface area contributed by atoms with E-state index in [9.17, 15) is 0 Å². The van der Waals surface area contributed by atoms with E-state index in [1.807, 2.05) is 11.3 Å². The smallest absolute Gasteiger partial charge is 0.0595 e. The fraction of sp³-hybridized carbons (Fsp3) is 0.750. The summed E-state index contributed by atoms with van der Waals surface area (Å²) in [6, 6.07) is 5.81. The Hall–Kier alpha value is -0.380. The van der Waals surface area contributed by atoms with E-state index in [1.165, 1.54) is 29.1 Å². The highest BCUT2D eigenvalue weighted by Gasteiger charge is 2.33. The molecule has 2 nitrogen and oxygen atoms in total. The van der Waals surface area contributed by atoms with Gasteiger partial charge in [0.2, 0.25) is 0 Å². The molecule has 1 aliphatic rings. The first-order valence-corrected chi connectivity index (χ1v) is 8.42. The molecule has 0 radical (unpaired) electrons. The molecule has 1 aliphatic heterocycles. The van der Waals surface area contributed by atoms with Crippen LogP contribution in [0.4, 0.5) is 0 Å². The molecule has 0 aliphatic carbocycles. The third-order valence-corrected chi connectivity index (χ3v) is 5.55. The molecule has 1 fully saturated rings. The second-order valence-electron chi connectivity index (χ2n) is 6.18. The SMILES string of the molecule is CCC(N)C(c1ccc(C)s1)N1CCC(C)CC1C. The fourth-order valence-electron chi connectivity index (χ4n) is 3.29. The molecule has 2 heterocycles. The Morgan fingerprint density at radius 2 is 2.16 bits per heavy atom. The molecule has 4 unspecified atom stereocenters. The van der Waals surface area contributed by atoms with Crippen molar-refractivity contribution in [2.45, 2.75) is 65.1 Å². The summed E-state index contributed by atoms with van der Waals surface area (Å²) < 4.78 is 0. The van der Waals surface area contributed by atoms with Crippen LogP contribution in [0, 0.1) is 12.8 Å². The van der Waals surface area contributed by atoms with E-state index >= 15 is 0 Å². The number of likely N-dealkylation sites (tertiary alicyclic amines) is 1. The van der Waals surface area contributed by atoms with Gasteiger partial charge in [0.15, 0.2) is 0 Å². The standard InChI is InChI=1S/C16H28N2S/c1-5-14(17)16(15-7-6-13(4)19-15)18-9-8-11(2)10-12(18)3/h6-7,11-12,14,16H,5,8-10,17H2,1-4H3. The molecular weight excluding hydrogens is 252 g/mol. The molecule has 19 heavy (non-hydrogen) atoms. The lowest BCUT2D eigenvalue weighted by Crippen LogP contribution is -2.48. The van der Waals surface area contributed by atoms with Crippen molar-refractivity contribution in [3.8, 4) is 0 Å². The minimum Gasteiger partial charge on any atom is -0.326 e. The summed E-state index contributed by atoms with van der Waals surface area (Å²) in [6.45, 7) is 10.3. The number of thiophene rings is 1. The topological polar surface area (TPSA) is 29.3 Å². The third kappa shape index (κ3) is 3.39. The monoisotopic (exact) mass is 280 g/mol. The predicted molar refractivity (Wildman–Crippen MR) is 84.6 cm³/mol. The second kappa shape index (κ2) is 6.38. The summed E-state index contributed by atoms with van der Waals surface area (Å²) in [5.41, 5.74) is 6.45. The molecule has 2 N–H and O–H groups in total. The van der Waals surface area contributed by atoms with Gasteiger partial charge >= 0.3 is 0 Å². The van der Waals surface area contributed by atoms with Gasteiger partial charge in [-0.15, -0.1) is 11.3 Å². The van der Waals surface area contributed by atoms with Gasteiger partial charge in [-0.2, -0.15) is 0 Å². The van der Waals surface area contributed by atoms with Gasteiger partial charge in [0.05, 0.1) is 6.04 Å². The molecule has 2 rings (SSSR count).